The van der Waals surface area contributed by atoms with E-state index in [2.05, 4.69) is 23.8 Å². The van der Waals surface area contributed by atoms with Gasteiger partial charge in [0.2, 0.25) is 0 Å². The van der Waals surface area contributed by atoms with E-state index in [9.17, 15) is 0 Å². The van der Waals surface area contributed by atoms with Gasteiger partial charge >= 0.3 is 0 Å². The summed E-state index contributed by atoms with van der Waals surface area (Å²) in [5, 5.41) is 0. The Labute approximate surface area is 115 Å². The van der Waals surface area contributed by atoms with Gasteiger partial charge in [0, 0.05) is 32.8 Å². The molecule has 1 saturated heterocycles. The van der Waals surface area contributed by atoms with Crippen LogP contribution in [0.5, 0.6) is 0 Å². The lowest BCUT2D eigenvalue weighted by atomic mass is 10.3. The monoisotopic (exact) mass is 260 g/mol. The first-order chi connectivity index (χ1) is 8.74. The van der Waals surface area contributed by atoms with E-state index in [1.807, 2.05) is 27.7 Å². The van der Waals surface area contributed by atoms with E-state index in [4.69, 9.17) is 4.74 Å². The van der Waals surface area contributed by atoms with Crippen LogP contribution in [0.3, 0.4) is 0 Å². The molecule has 1 atom stereocenters. The van der Waals surface area contributed by atoms with Crippen molar-refractivity contribution in [3.05, 3.63) is 0 Å². The maximum absolute atomic E-state index is 5.08. The van der Waals surface area contributed by atoms with Crippen LogP contribution in [-0.2, 0) is 4.74 Å². The van der Waals surface area contributed by atoms with Gasteiger partial charge in [0.1, 0.15) is 0 Å². The van der Waals surface area contributed by atoms with Crippen molar-refractivity contribution in [2.45, 2.75) is 53.5 Å². The first-order valence-corrected chi connectivity index (χ1v) is 7.65. The van der Waals surface area contributed by atoms with Gasteiger partial charge in [0.25, 0.3) is 0 Å². The fourth-order valence-electron chi connectivity index (χ4n) is 2.00. The van der Waals surface area contributed by atoms with Crippen LogP contribution in [0.1, 0.15) is 47.5 Å². The molecule has 3 heteroatoms. The molecule has 0 saturated carbocycles. The molecule has 0 aromatic heterocycles. The lowest BCUT2D eigenvalue weighted by Gasteiger charge is -2.25. The van der Waals surface area contributed by atoms with Crippen LogP contribution >= 0.6 is 0 Å². The highest BCUT2D eigenvalue weighted by molar-refractivity contribution is 4.74. The van der Waals surface area contributed by atoms with Crippen LogP contribution in [0.2, 0.25) is 0 Å². The largest absolute Gasteiger partial charge is 0.385 e. The molecule has 1 fully saturated rings. The van der Waals surface area contributed by atoms with Crippen LogP contribution < -0.4 is 0 Å². The second kappa shape index (κ2) is 14.9. The van der Waals surface area contributed by atoms with Crippen LogP contribution in [0.4, 0.5) is 0 Å². The summed E-state index contributed by atoms with van der Waals surface area (Å²) in [5.41, 5.74) is 0. The Morgan fingerprint density at radius 3 is 2.28 bits per heavy atom. The first kappa shape index (κ1) is 20.2. The van der Waals surface area contributed by atoms with E-state index in [1.54, 1.807) is 7.11 Å². The number of methoxy groups -OCH3 is 1. The highest BCUT2D eigenvalue weighted by Gasteiger charge is 2.17. The fourth-order valence-corrected chi connectivity index (χ4v) is 2.00. The van der Waals surface area contributed by atoms with Gasteiger partial charge in [-0.25, -0.2) is 0 Å². The van der Waals surface area contributed by atoms with E-state index in [0.29, 0.717) is 6.04 Å². The van der Waals surface area contributed by atoms with Gasteiger partial charge < -0.3 is 14.5 Å². The maximum Gasteiger partial charge on any atom is 0.0474 e. The van der Waals surface area contributed by atoms with Crippen LogP contribution in [0, 0.1) is 0 Å². The number of likely N-dealkylation sites (N-methyl/N-ethyl adjacent to an activating group) is 1. The molecule has 3 nitrogen and oxygen atoms in total. The highest BCUT2D eigenvalue weighted by Crippen LogP contribution is 2.07. The van der Waals surface area contributed by atoms with Crippen molar-refractivity contribution in [2.24, 2.45) is 0 Å². The Balaban J connectivity index is 0. The van der Waals surface area contributed by atoms with Crippen molar-refractivity contribution in [1.29, 1.82) is 0 Å². The van der Waals surface area contributed by atoms with E-state index in [0.717, 1.165) is 13.0 Å². The standard InChI is InChI=1S/C11H24N2O.2C2H6/c1-11-10-13(8-5-9-14-3)7-4-6-12(11)2;2*1-2/h11H,4-10H2,1-3H3;2*1-2H3. The van der Waals surface area contributed by atoms with Crippen molar-refractivity contribution in [3.8, 4) is 0 Å². The van der Waals surface area contributed by atoms with Gasteiger partial charge in [0.05, 0.1) is 0 Å². The first-order valence-electron chi connectivity index (χ1n) is 7.65. The molecule has 1 rings (SSSR count). The normalized spacial score (nSPS) is 21.2. The summed E-state index contributed by atoms with van der Waals surface area (Å²) in [5.74, 6) is 0. The number of hydrogen-bond acceptors (Lipinski definition) is 3. The van der Waals surface area contributed by atoms with Crippen molar-refractivity contribution in [3.63, 3.8) is 0 Å². The molecule has 18 heavy (non-hydrogen) atoms. The van der Waals surface area contributed by atoms with Crippen LogP contribution in [-0.4, -0.2) is 62.8 Å². The zero-order valence-corrected chi connectivity index (χ0v) is 13.8. The maximum atomic E-state index is 5.08. The summed E-state index contributed by atoms with van der Waals surface area (Å²) in [6.45, 7) is 16.1. The molecule has 0 bridgehead atoms. The third-order valence-electron chi connectivity index (χ3n) is 3.08. The fraction of sp³-hybridized carbons (Fsp3) is 1.00. The quantitative estimate of drug-likeness (QED) is 0.722. The molecule has 0 aromatic carbocycles. The molecule has 0 radical (unpaired) electrons. The van der Waals surface area contributed by atoms with Crippen LogP contribution in [0.25, 0.3) is 0 Å². The second-order valence-electron chi connectivity index (χ2n) is 4.33. The second-order valence-corrected chi connectivity index (χ2v) is 4.33. The molecule has 112 valence electrons. The lowest BCUT2D eigenvalue weighted by molar-refractivity contribution is 0.165. The Hall–Kier alpha value is -0.120. The van der Waals surface area contributed by atoms with Gasteiger partial charge in [-0.3, -0.25) is 0 Å². The van der Waals surface area contributed by atoms with E-state index >= 15 is 0 Å². The minimum absolute atomic E-state index is 0.694. The smallest absolute Gasteiger partial charge is 0.0474 e. The van der Waals surface area contributed by atoms with E-state index in [1.165, 1.54) is 32.6 Å². The number of ether oxygens (including phenoxy) is 1. The van der Waals surface area contributed by atoms with Crippen LogP contribution in [0.15, 0.2) is 0 Å². The summed E-state index contributed by atoms with van der Waals surface area (Å²) in [7, 11) is 4.00. The minimum Gasteiger partial charge on any atom is -0.385 e. The topological polar surface area (TPSA) is 15.7 Å². The Morgan fingerprint density at radius 1 is 1.11 bits per heavy atom. The van der Waals surface area contributed by atoms with Crippen molar-refractivity contribution < 1.29 is 4.74 Å². The van der Waals surface area contributed by atoms with Crippen molar-refractivity contribution in [2.75, 3.05) is 46.9 Å². The predicted octanol–water partition coefficient (Wildman–Crippen LogP) is 3.10. The van der Waals surface area contributed by atoms with Gasteiger partial charge in [-0.1, -0.05) is 27.7 Å². The molecule has 0 amide bonds. The average Bonchev–Trinajstić information content (AvgIpc) is 2.57. The molecular formula is C15H36N2O. The highest BCUT2D eigenvalue weighted by atomic mass is 16.5. The Kier molecular flexibility index (Phi) is 16.8. The van der Waals surface area contributed by atoms with E-state index < -0.39 is 0 Å². The number of rotatable bonds is 4. The Morgan fingerprint density at radius 2 is 1.72 bits per heavy atom. The third kappa shape index (κ3) is 9.86. The SMILES string of the molecule is CC.CC.COCCCN1CCCN(C)C(C)C1. The molecular weight excluding hydrogens is 224 g/mol. The minimum atomic E-state index is 0.694. The average molecular weight is 260 g/mol. The summed E-state index contributed by atoms with van der Waals surface area (Å²) in [6.07, 6.45) is 2.46. The van der Waals surface area contributed by atoms with Gasteiger partial charge in [-0.15, -0.1) is 0 Å². The zero-order chi connectivity index (χ0) is 14.4. The summed E-state index contributed by atoms with van der Waals surface area (Å²) in [6, 6.07) is 0.694. The van der Waals surface area contributed by atoms with Gasteiger partial charge in [0.15, 0.2) is 0 Å². The molecule has 1 aliphatic heterocycles. The molecule has 0 aromatic rings. The zero-order valence-electron chi connectivity index (χ0n) is 13.8. The molecule has 1 heterocycles. The molecule has 0 aliphatic carbocycles. The lowest BCUT2D eigenvalue weighted by Crippen LogP contribution is -2.37. The van der Waals surface area contributed by atoms with E-state index in [-0.39, 0.29) is 0 Å². The van der Waals surface area contributed by atoms with Crippen molar-refractivity contribution in [1.82, 2.24) is 9.80 Å². The van der Waals surface area contributed by atoms with Crippen molar-refractivity contribution >= 4 is 0 Å². The molecule has 1 unspecified atom stereocenters. The number of hydrogen-bond donors (Lipinski definition) is 0. The summed E-state index contributed by atoms with van der Waals surface area (Å²) in [4.78, 5) is 5.02. The molecule has 0 spiro atoms. The molecule has 0 N–H and O–H groups in total. The van der Waals surface area contributed by atoms with Gasteiger partial charge in [-0.05, 0) is 39.9 Å². The summed E-state index contributed by atoms with van der Waals surface area (Å²) < 4.78 is 5.08. The summed E-state index contributed by atoms with van der Waals surface area (Å²) >= 11 is 0. The molecule has 1 aliphatic rings. The predicted molar refractivity (Wildman–Crippen MR) is 82.3 cm³/mol. The van der Waals surface area contributed by atoms with Gasteiger partial charge in [-0.2, -0.15) is 0 Å². The Bertz CT molecular complexity index is 153. The number of nitrogens with zero attached hydrogens (tertiary/aromatic N) is 2. The third-order valence-corrected chi connectivity index (χ3v) is 3.08.